The number of piperidine rings is 1. The Morgan fingerprint density at radius 1 is 1.25 bits per heavy atom. The van der Waals surface area contributed by atoms with Gasteiger partial charge in [-0.3, -0.25) is 9.59 Å². The van der Waals surface area contributed by atoms with Gasteiger partial charge in [0, 0.05) is 57.3 Å². The third-order valence-electron chi connectivity index (χ3n) is 4.39. The molecule has 7 nitrogen and oxygen atoms in total. The van der Waals surface area contributed by atoms with Crippen molar-refractivity contribution in [3.8, 4) is 0 Å². The van der Waals surface area contributed by atoms with Crippen LogP contribution in [0.1, 0.15) is 46.6 Å². The van der Waals surface area contributed by atoms with Crippen LogP contribution in [0, 0.1) is 5.92 Å². The van der Waals surface area contributed by atoms with Gasteiger partial charge in [0.25, 0.3) is 5.91 Å². The van der Waals surface area contributed by atoms with E-state index >= 15 is 0 Å². The second-order valence-corrected chi connectivity index (χ2v) is 6.06. The Morgan fingerprint density at radius 2 is 2.00 bits per heavy atom. The van der Waals surface area contributed by atoms with E-state index in [9.17, 15) is 9.59 Å². The summed E-state index contributed by atoms with van der Waals surface area (Å²) in [6.07, 6.45) is 8.83. The van der Waals surface area contributed by atoms with Crippen molar-refractivity contribution < 1.29 is 9.59 Å². The van der Waals surface area contributed by atoms with Gasteiger partial charge in [-0.05, 0) is 12.8 Å². The zero-order valence-electron chi connectivity index (χ0n) is 14.0. The summed E-state index contributed by atoms with van der Waals surface area (Å²) < 4.78 is 1.72. The van der Waals surface area contributed by atoms with Crippen molar-refractivity contribution in [3.05, 3.63) is 42.0 Å². The number of amides is 1. The van der Waals surface area contributed by atoms with Crippen LogP contribution in [-0.4, -0.2) is 49.2 Å². The lowest BCUT2D eigenvalue weighted by Gasteiger charge is -2.31. The van der Waals surface area contributed by atoms with E-state index in [2.05, 4.69) is 15.0 Å². The highest BCUT2D eigenvalue weighted by Crippen LogP contribution is 2.21. The molecule has 1 amide bonds. The largest absolute Gasteiger partial charge is 0.338 e. The van der Waals surface area contributed by atoms with Crippen LogP contribution in [0.2, 0.25) is 0 Å². The zero-order valence-corrected chi connectivity index (χ0v) is 14.0. The van der Waals surface area contributed by atoms with Crippen LogP contribution in [0.3, 0.4) is 0 Å². The first kappa shape index (κ1) is 16.3. The number of ketones is 1. The van der Waals surface area contributed by atoms with Gasteiger partial charge in [0.1, 0.15) is 5.82 Å². The van der Waals surface area contributed by atoms with Gasteiger partial charge in [-0.1, -0.05) is 6.92 Å². The Labute approximate surface area is 140 Å². The minimum absolute atomic E-state index is 0.00224. The molecule has 0 bridgehead atoms. The maximum absolute atomic E-state index is 12.6. The Kier molecular flexibility index (Phi) is 4.69. The average Bonchev–Trinajstić information content (AvgIpc) is 3.06. The molecule has 0 saturated carbocycles. The lowest BCUT2D eigenvalue weighted by atomic mass is 9.93. The van der Waals surface area contributed by atoms with E-state index in [1.54, 1.807) is 41.3 Å². The molecule has 126 valence electrons. The Hall–Kier alpha value is -2.57. The second kappa shape index (κ2) is 6.90. The smallest absolute Gasteiger partial charge is 0.257 e. The third kappa shape index (κ3) is 3.20. The molecule has 1 fully saturated rings. The van der Waals surface area contributed by atoms with Gasteiger partial charge in [-0.2, -0.15) is 0 Å². The summed E-state index contributed by atoms with van der Waals surface area (Å²) in [4.78, 5) is 39.5. The monoisotopic (exact) mass is 327 g/mol. The summed E-state index contributed by atoms with van der Waals surface area (Å²) >= 11 is 0. The fraction of sp³-hybridized carbons (Fsp3) is 0.471. The summed E-state index contributed by atoms with van der Waals surface area (Å²) in [5, 5.41) is 0. The van der Waals surface area contributed by atoms with Gasteiger partial charge in [0.15, 0.2) is 5.82 Å². The van der Waals surface area contributed by atoms with Gasteiger partial charge in [0.05, 0.1) is 5.56 Å². The number of aromatic nitrogens is 4. The number of rotatable bonds is 4. The topological polar surface area (TPSA) is 81.0 Å². The molecule has 2 aromatic rings. The van der Waals surface area contributed by atoms with E-state index in [0.717, 1.165) is 19.3 Å². The van der Waals surface area contributed by atoms with E-state index in [1.807, 2.05) is 6.92 Å². The van der Waals surface area contributed by atoms with Gasteiger partial charge >= 0.3 is 0 Å². The summed E-state index contributed by atoms with van der Waals surface area (Å²) in [7, 11) is 1.80. The van der Waals surface area contributed by atoms with Gasteiger partial charge in [0.2, 0.25) is 5.78 Å². The van der Waals surface area contributed by atoms with Crippen LogP contribution in [0.25, 0.3) is 0 Å². The van der Waals surface area contributed by atoms with E-state index < -0.39 is 0 Å². The maximum Gasteiger partial charge on any atom is 0.257 e. The molecule has 1 aliphatic heterocycles. The van der Waals surface area contributed by atoms with Gasteiger partial charge < -0.3 is 9.47 Å². The number of carbonyl (C=O) groups excluding carboxylic acids is 2. The first-order valence-corrected chi connectivity index (χ1v) is 8.22. The second-order valence-electron chi connectivity index (χ2n) is 6.06. The normalized spacial score (nSPS) is 17.8. The molecule has 0 aliphatic carbocycles. The first-order chi connectivity index (χ1) is 11.6. The molecule has 24 heavy (non-hydrogen) atoms. The molecular formula is C17H21N5O2. The lowest BCUT2D eigenvalue weighted by molar-refractivity contribution is 0.0632. The third-order valence-corrected chi connectivity index (χ3v) is 4.39. The number of hydrogen-bond donors (Lipinski definition) is 0. The van der Waals surface area contributed by atoms with Crippen LogP contribution in [0.5, 0.6) is 0 Å². The van der Waals surface area contributed by atoms with Crippen molar-refractivity contribution >= 4 is 11.7 Å². The number of Topliss-reactive ketones (excluding diaryl/α,β-unsaturated/α-hetero) is 1. The molecule has 0 spiro atoms. The minimum Gasteiger partial charge on any atom is -0.338 e. The molecule has 7 heteroatoms. The molecule has 3 rings (SSSR count). The highest BCUT2D eigenvalue weighted by atomic mass is 16.2. The molecule has 0 aromatic carbocycles. The summed E-state index contributed by atoms with van der Waals surface area (Å²) in [5.74, 6) is 0.838. The predicted octanol–water partition coefficient (Wildman–Crippen LogP) is 1.51. The summed E-state index contributed by atoms with van der Waals surface area (Å²) in [6.45, 7) is 3.04. The number of hydrogen-bond acceptors (Lipinski definition) is 5. The molecule has 1 atom stereocenters. The van der Waals surface area contributed by atoms with Gasteiger partial charge in [-0.15, -0.1) is 0 Å². The highest BCUT2D eigenvalue weighted by molar-refractivity contribution is 5.97. The van der Waals surface area contributed by atoms with Crippen molar-refractivity contribution in [2.24, 2.45) is 13.0 Å². The average molecular weight is 327 g/mol. The highest BCUT2D eigenvalue weighted by Gasteiger charge is 2.31. The maximum atomic E-state index is 12.6. The van der Waals surface area contributed by atoms with Crippen LogP contribution in [0.4, 0.5) is 0 Å². The molecule has 1 aliphatic rings. The van der Waals surface area contributed by atoms with E-state index in [0.29, 0.717) is 30.3 Å². The molecule has 0 unspecified atom stereocenters. The molecule has 1 saturated heterocycles. The van der Waals surface area contributed by atoms with E-state index in [4.69, 9.17) is 0 Å². The van der Waals surface area contributed by atoms with Crippen LogP contribution < -0.4 is 0 Å². The molecular weight excluding hydrogens is 306 g/mol. The fourth-order valence-electron chi connectivity index (χ4n) is 2.99. The van der Waals surface area contributed by atoms with Crippen molar-refractivity contribution in [1.29, 1.82) is 0 Å². The van der Waals surface area contributed by atoms with E-state index in [-0.39, 0.29) is 17.6 Å². The van der Waals surface area contributed by atoms with Crippen molar-refractivity contribution in [1.82, 2.24) is 24.4 Å². The molecule has 3 heterocycles. The Bertz CT molecular complexity index is 738. The SMILES string of the molecule is CCc1ncc(C(=O)N2CCC[C@@H](C(=O)c3nccn3C)C2)cn1. The number of aryl methyl sites for hydroxylation is 2. The van der Waals surface area contributed by atoms with Crippen molar-refractivity contribution in [2.45, 2.75) is 26.2 Å². The summed E-state index contributed by atoms with van der Waals surface area (Å²) in [5.41, 5.74) is 0.470. The van der Waals surface area contributed by atoms with Crippen LogP contribution in [0.15, 0.2) is 24.8 Å². The van der Waals surface area contributed by atoms with Crippen LogP contribution >= 0.6 is 0 Å². The Balaban J connectivity index is 1.71. The summed E-state index contributed by atoms with van der Waals surface area (Å²) in [6, 6.07) is 0. The minimum atomic E-state index is -0.209. The van der Waals surface area contributed by atoms with E-state index in [1.165, 1.54) is 0 Å². The van der Waals surface area contributed by atoms with Gasteiger partial charge in [-0.25, -0.2) is 15.0 Å². The predicted molar refractivity (Wildman–Crippen MR) is 87.6 cm³/mol. The zero-order chi connectivity index (χ0) is 17.1. The number of carbonyl (C=O) groups is 2. The molecule has 2 aromatic heterocycles. The number of likely N-dealkylation sites (tertiary alicyclic amines) is 1. The molecule has 0 radical (unpaired) electrons. The van der Waals surface area contributed by atoms with Crippen molar-refractivity contribution in [2.75, 3.05) is 13.1 Å². The Morgan fingerprint density at radius 3 is 2.62 bits per heavy atom. The lowest BCUT2D eigenvalue weighted by Crippen LogP contribution is -2.42. The van der Waals surface area contributed by atoms with Crippen molar-refractivity contribution in [3.63, 3.8) is 0 Å². The standard InChI is InChI=1S/C17H21N5O2/c1-3-14-19-9-13(10-20-14)17(24)22-7-4-5-12(11-22)15(23)16-18-6-8-21(16)2/h6,8-10,12H,3-5,7,11H2,1-2H3/t12-/m1/s1. The quantitative estimate of drug-likeness (QED) is 0.795. The number of nitrogens with zero attached hydrogens (tertiary/aromatic N) is 5. The first-order valence-electron chi connectivity index (χ1n) is 8.22. The molecule has 0 N–H and O–H groups in total. The fourth-order valence-corrected chi connectivity index (χ4v) is 2.99. The number of imidazole rings is 1. The van der Waals surface area contributed by atoms with Crippen LogP contribution in [-0.2, 0) is 13.5 Å².